The maximum absolute atomic E-state index is 11.8. The highest BCUT2D eigenvalue weighted by atomic mass is 35.5. The fourth-order valence-electron chi connectivity index (χ4n) is 1.12. The molecule has 2 heterocycles. The van der Waals surface area contributed by atoms with E-state index >= 15 is 0 Å². The molecule has 0 atom stereocenters. The second-order valence-electron chi connectivity index (χ2n) is 3.32. The summed E-state index contributed by atoms with van der Waals surface area (Å²) in [6, 6.07) is 0. The maximum Gasteiger partial charge on any atom is 0.277 e. The number of nitrogens with one attached hydrogen (secondary N) is 1. The average Bonchev–Trinajstić information content (AvgIpc) is 2.36. The zero-order valence-electron chi connectivity index (χ0n) is 9.19. The first-order chi connectivity index (χ1) is 8.58. The second-order valence-corrected chi connectivity index (χ2v) is 4.06. The van der Waals surface area contributed by atoms with Crippen LogP contribution in [-0.4, -0.2) is 25.8 Å². The Kier molecular flexibility index (Phi) is 3.69. The van der Waals surface area contributed by atoms with E-state index in [0.29, 0.717) is 0 Å². The lowest BCUT2D eigenvalue weighted by molar-refractivity contribution is 0.102. The molecule has 0 unspecified atom stereocenters. The Morgan fingerprint density at radius 1 is 1.17 bits per heavy atom. The average molecular weight is 284 g/mol. The van der Waals surface area contributed by atoms with Crippen molar-refractivity contribution < 1.29 is 4.79 Å². The molecule has 8 heteroatoms. The van der Waals surface area contributed by atoms with Crippen molar-refractivity contribution in [2.45, 2.75) is 6.92 Å². The number of amides is 1. The molecule has 0 fully saturated rings. The number of nitrogens with zero attached hydrogens (tertiary/aromatic N) is 4. The molecule has 0 aliphatic heterocycles. The molecule has 6 nitrogen and oxygen atoms in total. The van der Waals surface area contributed by atoms with Gasteiger partial charge in [-0.3, -0.25) is 9.78 Å². The summed E-state index contributed by atoms with van der Waals surface area (Å²) in [6.07, 6.45) is 4.05. The topological polar surface area (TPSA) is 80.7 Å². The molecule has 18 heavy (non-hydrogen) atoms. The van der Waals surface area contributed by atoms with Gasteiger partial charge in [0.15, 0.2) is 11.0 Å². The molecule has 2 aromatic heterocycles. The van der Waals surface area contributed by atoms with Gasteiger partial charge in [-0.25, -0.2) is 15.0 Å². The lowest BCUT2D eigenvalue weighted by Gasteiger charge is -2.05. The van der Waals surface area contributed by atoms with Gasteiger partial charge in [0, 0.05) is 6.20 Å². The highest BCUT2D eigenvalue weighted by Crippen LogP contribution is 2.25. The molecule has 1 N–H and O–H groups in total. The molecule has 92 valence electrons. The Morgan fingerprint density at radius 3 is 2.61 bits per heavy atom. The zero-order chi connectivity index (χ0) is 13.1. The molecule has 0 bridgehead atoms. The van der Waals surface area contributed by atoms with Gasteiger partial charge in [0.1, 0.15) is 17.0 Å². The predicted octanol–water partition coefficient (Wildman–Crippen LogP) is 2.13. The minimum Gasteiger partial charge on any atom is -0.304 e. The Balaban J connectivity index is 2.21. The van der Waals surface area contributed by atoms with E-state index in [2.05, 4.69) is 25.3 Å². The number of carbonyl (C=O) groups is 1. The molecule has 0 aromatic carbocycles. The van der Waals surface area contributed by atoms with Crippen molar-refractivity contribution in [2.75, 3.05) is 5.32 Å². The summed E-state index contributed by atoms with van der Waals surface area (Å²) in [7, 11) is 0. The van der Waals surface area contributed by atoms with E-state index in [0.717, 1.165) is 5.69 Å². The fraction of sp³-hybridized carbons (Fsp3) is 0.100. The van der Waals surface area contributed by atoms with Gasteiger partial charge in [-0.05, 0) is 6.92 Å². The van der Waals surface area contributed by atoms with Crippen molar-refractivity contribution in [1.82, 2.24) is 19.9 Å². The van der Waals surface area contributed by atoms with Crippen LogP contribution in [0.4, 0.5) is 5.82 Å². The van der Waals surface area contributed by atoms with E-state index in [1.807, 2.05) is 0 Å². The van der Waals surface area contributed by atoms with Crippen LogP contribution in [0.5, 0.6) is 0 Å². The molecule has 2 rings (SSSR count). The third-order valence-corrected chi connectivity index (χ3v) is 2.73. The number of hydrogen-bond donors (Lipinski definition) is 1. The van der Waals surface area contributed by atoms with Gasteiger partial charge in [0.2, 0.25) is 0 Å². The third kappa shape index (κ3) is 2.72. The molecule has 0 radical (unpaired) electrons. The molecular weight excluding hydrogens is 277 g/mol. The normalized spacial score (nSPS) is 10.2. The number of hydrogen-bond acceptors (Lipinski definition) is 5. The predicted molar refractivity (Wildman–Crippen MR) is 66.8 cm³/mol. The molecule has 0 saturated heterocycles. The summed E-state index contributed by atoms with van der Waals surface area (Å²) in [5.74, 6) is -0.344. The summed E-state index contributed by atoms with van der Waals surface area (Å²) in [4.78, 5) is 27.2. The molecule has 2 aromatic rings. The Bertz CT molecular complexity index is 587. The van der Waals surface area contributed by atoms with Crippen molar-refractivity contribution >= 4 is 34.9 Å². The second kappa shape index (κ2) is 5.24. The van der Waals surface area contributed by atoms with E-state index in [4.69, 9.17) is 23.2 Å². The van der Waals surface area contributed by atoms with Crippen molar-refractivity contribution in [1.29, 1.82) is 0 Å². The van der Waals surface area contributed by atoms with Crippen molar-refractivity contribution in [3.63, 3.8) is 0 Å². The van der Waals surface area contributed by atoms with Crippen LogP contribution in [-0.2, 0) is 0 Å². The SMILES string of the molecule is Cc1cnc(C(=O)Nc2ncnc(Cl)c2Cl)cn1. The van der Waals surface area contributed by atoms with E-state index in [1.54, 1.807) is 6.92 Å². The molecule has 1 amide bonds. The summed E-state index contributed by atoms with van der Waals surface area (Å²) in [5.41, 5.74) is 0.876. The Morgan fingerprint density at radius 2 is 1.94 bits per heavy atom. The quantitative estimate of drug-likeness (QED) is 0.854. The van der Waals surface area contributed by atoms with Crippen LogP contribution in [0.25, 0.3) is 0 Å². The van der Waals surface area contributed by atoms with E-state index < -0.39 is 5.91 Å². The summed E-state index contributed by atoms with van der Waals surface area (Å²) >= 11 is 11.5. The Labute approximate surface area is 112 Å². The molecular formula is C10H7Cl2N5O. The van der Waals surface area contributed by atoms with Crippen LogP contribution >= 0.6 is 23.2 Å². The van der Waals surface area contributed by atoms with Crippen LogP contribution < -0.4 is 5.32 Å². The highest BCUT2D eigenvalue weighted by molar-refractivity contribution is 6.43. The van der Waals surface area contributed by atoms with Crippen LogP contribution in [0.3, 0.4) is 0 Å². The standard InChI is InChI=1S/C10H7Cl2N5O/c1-5-2-14-6(3-13-5)10(18)17-9-7(11)8(12)15-4-16-9/h2-4H,1H3,(H,15,16,17,18). The van der Waals surface area contributed by atoms with Crippen LogP contribution in [0.2, 0.25) is 10.2 Å². The lowest BCUT2D eigenvalue weighted by Crippen LogP contribution is -2.15. The first-order valence-corrected chi connectivity index (χ1v) is 5.59. The van der Waals surface area contributed by atoms with E-state index in [1.165, 1.54) is 18.7 Å². The van der Waals surface area contributed by atoms with Crippen LogP contribution in [0.15, 0.2) is 18.7 Å². The molecule has 0 aliphatic rings. The number of halogens is 2. The first-order valence-electron chi connectivity index (χ1n) is 4.84. The largest absolute Gasteiger partial charge is 0.304 e. The monoisotopic (exact) mass is 283 g/mol. The zero-order valence-corrected chi connectivity index (χ0v) is 10.7. The summed E-state index contributed by atoms with van der Waals surface area (Å²) in [5, 5.41) is 2.62. The fourth-order valence-corrected chi connectivity index (χ4v) is 1.39. The first kappa shape index (κ1) is 12.7. The third-order valence-electron chi connectivity index (χ3n) is 1.99. The Hall–Kier alpha value is -1.79. The maximum atomic E-state index is 11.8. The lowest BCUT2D eigenvalue weighted by atomic mass is 10.4. The van der Waals surface area contributed by atoms with Gasteiger partial charge >= 0.3 is 0 Å². The van der Waals surface area contributed by atoms with Crippen molar-refractivity contribution in [2.24, 2.45) is 0 Å². The number of carbonyl (C=O) groups excluding carboxylic acids is 1. The minimum atomic E-state index is -0.473. The van der Waals surface area contributed by atoms with Gasteiger partial charge in [-0.1, -0.05) is 23.2 Å². The summed E-state index contributed by atoms with van der Waals surface area (Å²) < 4.78 is 0. The van der Waals surface area contributed by atoms with E-state index in [9.17, 15) is 4.79 Å². The highest BCUT2D eigenvalue weighted by Gasteiger charge is 2.13. The molecule has 0 aliphatic carbocycles. The van der Waals surface area contributed by atoms with E-state index in [-0.39, 0.29) is 21.7 Å². The molecule has 0 saturated carbocycles. The molecule has 0 spiro atoms. The minimum absolute atomic E-state index is 0.0666. The number of aryl methyl sites for hydroxylation is 1. The van der Waals surface area contributed by atoms with Gasteiger partial charge in [-0.2, -0.15) is 0 Å². The smallest absolute Gasteiger partial charge is 0.277 e. The summed E-state index contributed by atoms with van der Waals surface area (Å²) in [6.45, 7) is 1.77. The van der Waals surface area contributed by atoms with Crippen LogP contribution in [0, 0.1) is 6.92 Å². The number of rotatable bonds is 2. The van der Waals surface area contributed by atoms with Gasteiger partial charge < -0.3 is 5.32 Å². The van der Waals surface area contributed by atoms with Crippen LogP contribution in [0.1, 0.15) is 16.2 Å². The van der Waals surface area contributed by atoms with Gasteiger partial charge in [0.05, 0.1) is 11.9 Å². The van der Waals surface area contributed by atoms with Gasteiger partial charge in [0.25, 0.3) is 5.91 Å². The number of aromatic nitrogens is 4. The number of anilines is 1. The van der Waals surface area contributed by atoms with Gasteiger partial charge in [-0.15, -0.1) is 0 Å². The van der Waals surface area contributed by atoms with Crippen molar-refractivity contribution in [3.05, 3.63) is 40.3 Å². The van der Waals surface area contributed by atoms with Crippen molar-refractivity contribution in [3.8, 4) is 0 Å².